The molecule has 0 amide bonds. The second-order valence-electron chi connectivity index (χ2n) is 4.28. The van der Waals surface area contributed by atoms with Gasteiger partial charge in [-0.1, -0.05) is 32.4 Å². The highest BCUT2D eigenvalue weighted by Gasteiger charge is 2.21. The number of nitrogens with zero attached hydrogens (tertiary/aromatic N) is 1. The maximum Gasteiger partial charge on any atom is 0.153 e. The fourth-order valence-corrected chi connectivity index (χ4v) is 2.54. The Hall–Kier alpha value is -0.760. The zero-order chi connectivity index (χ0) is 12.3. The van der Waals surface area contributed by atoms with Crippen LogP contribution >= 0.6 is 11.6 Å². The number of carbonyl (C=O) groups is 1. The molecule has 0 aliphatic heterocycles. The minimum atomic E-state index is 0.395. The lowest BCUT2D eigenvalue weighted by Gasteiger charge is -2.15. The molecule has 0 bridgehead atoms. The topological polar surface area (TPSA) is 22.0 Å². The maximum atomic E-state index is 11.0. The molecule has 0 aromatic carbocycles. The summed E-state index contributed by atoms with van der Waals surface area (Å²) in [6.07, 6.45) is 2.95. The summed E-state index contributed by atoms with van der Waals surface area (Å²) in [6.45, 7) is 9.33. The lowest BCUT2D eigenvalue weighted by molar-refractivity contribution is 0.112. The van der Waals surface area contributed by atoms with E-state index >= 15 is 0 Å². The summed E-state index contributed by atoms with van der Waals surface area (Å²) in [4.78, 5) is 11.0. The normalized spacial score (nSPS) is 12.8. The van der Waals surface area contributed by atoms with Gasteiger partial charge in [0.1, 0.15) is 0 Å². The Kier molecular flexibility index (Phi) is 4.60. The molecule has 16 heavy (non-hydrogen) atoms. The van der Waals surface area contributed by atoms with Gasteiger partial charge in [0.05, 0.1) is 10.6 Å². The second-order valence-corrected chi connectivity index (χ2v) is 4.66. The predicted molar refractivity (Wildman–Crippen MR) is 68.6 cm³/mol. The summed E-state index contributed by atoms with van der Waals surface area (Å²) in [7, 11) is 0. The van der Waals surface area contributed by atoms with Crippen LogP contribution < -0.4 is 0 Å². The first-order valence-electron chi connectivity index (χ1n) is 5.92. The Morgan fingerprint density at radius 3 is 2.50 bits per heavy atom. The Labute approximate surface area is 103 Å². The van der Waals surface area contributed by atoms with Gasteiger partial charge in [0.15, 0.2) is 6.29 Å². The Morgan fingerprint density at radius 2 is 2.06 bits per heavy atom. The number of carbonyl (C=O) groups excluding carboxylic acids is 1. The minimum absolute atomic E-state index is 0.395. The van der Waals surface area contributed by atoms with Crippen molar-refractivity contribution in [3.8, 4) is 0 Å². The third-order valence-electron chi connectivity index (χ3n) is 3.19. The van der Waals surface area contributed by atoms with Crippen molar-refractivity contribution in [2.75, 3.05) is 0 Å². The summed E-state index contributed by atoms with van der Waals surface area (Å²) in [5.41, 5.74) is 2.77. The molecule has 3 heteroatoms. The van der Waals surface area contributed by atoms with Crippen LogP contribution in [0, 0.1) is 6.92 Å². The molecule has 90 valence electrons. The molecular formula is C13H20ClNO. The van der Waals surface area contributed by atoms with Crippen molar-refractivity contribution in [3.63, 3.8) is 0 Å². The number of hydrogen-bond donors (Lipinski definition) is 0. The van der Waals surface area contributed by atoms with Gasteiger partial charge < -0.3 is 4.57 Å². The van der Waals surface area contributed by atoms with Gasteiger partial charge >= 0.3 is 0 Å². The largest absolute Gasteiger partial charge is 0.346 e. The zero-order valence-corrected chi connectivity index (χ0v) is 11.3. The highest BCUT2D eigenvalue weighted by atomic mass is 35.5. The molecule has 0 saturated heterocycles. The highest BCUT2D eigenvalue weighted by molar-refractivity contribution is 6.34. The van der Waals surface area contributed by atoms with Gasteiger partial charge in [-0.15, -0.1) is 0 Å². The smallest absolute Gasteiger partial charge is 0.153 e. The van der Waals surface area contributed by atoms with Gasteiger partial charge in [0.25, 0.3) is 0 Å². The average Bonchev–Trinajstić information content (AvgIpc) is 2.50. The van der Waals surface area contributed by atoms with E-state index in [1.165, 1.54) is 0 Å². The number of rotatable bonds is 5. The van der Waals surface area contributed by atoms with Gasteiger partial charge in [-0.25, -0.2) is 0 Å². The van der Waals surface area contributed by atoms with E-state index in [2.05, 4.69) is 25.3 Å². The van der Waals surface area contributed by atoms with E-state index in [4.69, 9.17) is 11.6 Å². The summed E-state index contributed by atoms with van der Waals surface area (Å²) in [5.74, 6) is 0.395. The third-order valence-corrected chi connectivity index (χ3v) is 3.59. The molecule has 1 heterocycles. The molecule has 1 atom stereocenters. The molecule has 1 rings (SSSR count). The minimum Gasteiger partial charge on any atom is -0.346 e. The fourth-order valence-electron chi connectivity index (χ4n) is 2.07. The molecule has 0 aliphatic carbocycles. The third kappa shape index (κ3) is 2.17. The molecule has 2 nitrogen and oxygen atoms in total. The number of aldehydes is 1. The first kappa shape index (κ1) is 13.3. The van der Waals surface area contributed by atoms with Gasteiger partial charge in [-0.3, -0.25) is 4.79 Å². The van der Waals surface area contributed by atoms with Crippen molar-refractivity contribution in [1.29, 1.82) is 0 Å². The summed E-state index contributed by atoms with van der Waals surface area (Å²) < 4.78 is 2.19. The Morgan fingerprint density at radius 1 is 1.44 bits per heavy atom. The van der Waals surface area contributed by atoms with Gasteiger partial charge in [-0.2, -0.15) is 0 Å². The van der Waals surface area contributed by atoms with E-state index in [0.717, 1.165) is 37.1 Å². The van der Waals surface area contributed by atoms with E-state index in [1.807, 2.05) is 6.92 Å². The summed E-state index contributed by atoms with van der Waals surface area (Å²) >= 11 is 6.29. The molecule has 1 unspecified atom stereocenters. The first-order valence-corrected chi connectivity index (χ1v) is 6.29. The fraction of sp³-hybridized carbons (Fsp3) is 0.615. The molecule has 1 aromatic rings. The van der Waals surface area contributed by atoms with Crippen molar-refractivity contribution in [2.45, 2.75) is 53.0 Å². The van der Waals surface area contributed by atoms with E-state index < -0.39 is 0 Å². The lowest BCUT2D eigenvalue weighted by Crippen LogP contribution is -2.07. The number of aromatic nitrogens is 1. The van der Waals surface area contributed by atoms with E-state index in [-0.39, 0.29) is 0 Å². The van der Waals surface area contributed by atoms with Gasteiger partial charge in [-0.05, 0) is 25.7 Å². The summed E-state index contributed by atoms with van der Waals surface area (Å²) in [5, 5.41) is 0.648. The average molecular weight is 242 g/mol. The predicted octanol–water partition coefficient (Wildman–Crippen LogP) is 4.19. The van der Waals surface area contributed by atoms with Crippen LogP contribution in [-0.4, -0.2) is 10.9 Å². The zero-order valence-electron chi connectivity index (χ0n) is 10.5. The first-order chi connectivity index (χ1) is 7.58. The van der Waals surface area contributed by atoms with Crippen LogP contribution in [-0.2, 0) is 6.54 Å². The quantitative estimate of drug-likeness (QED) is 0.709. The Balaban J connectivity index is 3.37. The monoisotopic (exact) mass is 241 g/mol. The van der Waals surface area contributed by atoms with Crippen LogP contribution in [0.15, 0.2) is 0 Å². The lowest BCUT2D eigenvalue weighted by atomic mass is 10.0. The van der Waals surface area contributed by atoms with E-state index in [1.54, 1.807) is 0 Å². The molecule has 1 aromatic heterocycles. The highest BCUT2D eigenvalue weighted by Crippen LogP contribution is 2.33. The van der Waals surface area contributed by atoms with Crippen molar-refractivity contribution in [3.05, 3.63) is 22.0 Å². The van der Waals surface area contributed by atoms with E-state index in [9.17, 15) is 4.79 Å². The van der Waals surface area contributed by atoms with Crippen molar-refractivity contribution in [1.82, 2.24) is 4.57 Å². The molecule has 0 fully saturated rings. The van der Waals surface area contributed by atoms with Crippen LogP contribution in [0.2, 0.25) is 5.02 Å². The number of hydrogen-bond acceptors (Lipinski definition) is 1. The van der Waals surface area contributed by atoms with Crippen molar-refractivity contribution in [2.24, 2.45) is 0 Å². The molecule has 0 aliphatic rings. The summed E-state index contributed by atoms with van der Waals surface area (Å²) in [6, 6.07) is 0. The van der Waals surface area contributed by atoms with Crippen LogP contribution in [0.1, 0.15) is 61.3 Å². The molecule has 0 saturated carbocycles. The van der Waals surface area contributed by atoms with Crippen LogP contribution in [0.4, 0.5) is 0 Å². The van der Waals surface area contributed by atoms with Crippen molar-refractivity contribution < 1.29 is 4.79 Å². The molecule has 0 radical (unpaired) electrons. The van der Waals surface area contributed by atoms with Crippen LogP contribution in [0.5, 0.6) is 0 Å². The number of halogens is 1. The molecule has 0 spiro atoms. The van der Waals surface area contributed by atoms with Crippen molar-refractivity contribution >= 4 is 17.9 Å². The van der Waals surface area contributed by atoms with Crippen LogP contribution in [0.3, 0.4) is 0 Å². The molecular weight excluding hydrogens is 222 g/mol. The van der Waals surface area contributed by atoms with Gasteiger partial charge in [0.2, 0.25) is 0 Å². The van der Waals surface area contributed by atoms with E-state index in [0.29, 0.717) is 16.5 Å². The molecule has 0 N–H and O–H groups in total. The maximum absolute atomic E-state index is 11.0. The standard InChI is InChI=1S/C13H20ClNO/c1-5-7-15-10(4)11(8-16)12(14)13(15)9(3)6-2/h8-9H,5-7H2,1-4H3. The van der Waals surface area contributed by atoms with Crippen LogP contribution in [0.25, 0.3) is 0 Å². The SMILES string of the molecule is CCCn1c(C)c(C=O)c(Cl)c1C(C)CC. The second kappa shape index (κ2) is 5.53. The Bertz CT molecular complexity index is 382. The van der Waals surface area contributed by atoms with Gasteiger partial charge in [0, 0.05) is 17.9 Å².